The third kappa shape index (κ3) is 4.44. The van der Waals surface area contributed by atoms with Crippen molar-refractivity contribution in [2.24, 2.45) is 17.8 Å². The second-order valence-corrected chi connectivity index (χ2v) is 10.4. The van der Waals surface area contributed by atoms with Crippen molar-refractivity contribution >= 4 is 46.0 Å². The highest BCUT2D eigenvalue weighted by atomic mass is 35.5. The predicted molar refractivity (Wildman–Crippen MR) is 132 cm³/mol. The number of Topliss-reactive ketones (excluding diaryl/α,β-unsaturated/α-hetero) is 1. The number of aromatic amines is 1. The molecule has 2 aromatic rings. The summed E-state index contributed by atoms with van der Waals surface area (Å²) in [5.74, 6) is -0.649. The second kappa shape index (κ2) is 9.64. The first kappa shape index (κ1) is 23.9. The number of carbonyl (C=O) groups is 4. The van der Waals surface area contributed by atoms with Crippen molar-refractivity contribution in [1.29, 1.82) is 0 Å². The van der Waals surface area contributed by atoms with Crippen LogP contribution in [-0.4, -0.2) is 58.6 Å². The van der Waals surface area contributed by atoms with Crippen LogP contribution in [0.3, 0.4) is 0 Å². The van der Waals surface area contributed by atoms with E-state index in [0.717, 1.165) is 30.2 Å². The zero-order valence-electron chi connectivity index (χ0n) is 19.8. The van der Waals surface area contributed by atoms with Crippen LogP contribution >= 0.6 is 11.6 Å². The number of aromatic nitrogens is 1. The van der Waals surface area contributed by atoms with Gasteiger partial charge in [-0.05, 0) is 55.7 Å². The number of benzene rings is 1. The summed E-state index contributed by atoms with van der Waals surface area (Å²) < 4.78 is 0. The highest BCUT2D eigenvalue weighted by molar-refractivity contribution is 6.35. The summed E-state index contributed by atoms with van der Waals surface area (Å²) in [4.78, 5) is 56.9. The van der Waals surface area contributed by atoms with Crippen LogP contribution in [-0.2, 0) is 14.4 Å². The number of likely N-dealkylation sites (tertiary alicyclic amines) is 1. The number of ketones is 1. The minimum atomic E-state index is -0.731. The Bertz CT molecular complexity index is 1180. The van der Waals surface area contributed by atoms with Crippen LogP contribution in [0.1, 0.15) is 55.9 Å². The van der Waals surface area contributed by atoms with Crippen molar-refractivity contribution < 1.29 is 19.2 Å². The van der Waals surface area contributed by atoms with Crippen molar-refractivity contribution in [3.8, 4) is 0 Å². The van der Waals surface area contributed by atoms with Gasteiger partial charge in [0.25, 0.3) is 5.91 Å². The molecule has 0 spiro atoms. The molecule has 8 nitrogen and oxygen atoms in total. The first-order chi connectivity index (χ1) is 16.9. The zero-order valence-corrected chi connectivity index (χ0v) is 20.6. The van der Waals surface area contributed by atoms with Gasteiger partial charge in [0.15, 0.2) is 5.78 Å². The number of H-pyrrole nitrogens is 1. The predicted octanol–water partition coefficient (Wildman–Crippen LogP) is 3.05. The van der Waals surface area contributed by atoms with Gasteiger partial charge in [-0.15, -0.1) is 0 Å². The fraction of sp³-hybridized carbons (Fsp3) is 0.538. The molecule has 5 rings (SSSR count). The molecule has 35 heavy (non-hydrogen) atoms. The largest absolute Gasteiger partial charge is 0.356 e. The van der Waals surface area contributed by atoms with Crippen LogP contribution in [0.25, 0.3) is 10.9 Å². The van der Waals surface area contributed by atoms with Crippen molar-refractivity contribution in [1.82, 2.24) is 20.5 Å². The maximum Gasteiger partial charge on any atom is 0.271 e. The van der Waals surface area contributed by atoms with Gasteiger partial charge in [-0.1, -0.05) is 31.0 Å². The van der Waals surface area contributed by atoms with Crippen molar-refractivity contribution in [2.45, 2.75) is 57.5 Å². The number of fused-ring (bicyclic) bond motifs is 2. The second-order valence-electron chi connectivity index (χ2n) is 10.0. The molecule has 3 aliphatic rings. The molecular weight excluding hydrogens is 468 g/mol. The van der Waals surface area contributed by atoms with E-state index in [1.54, 1.807) is 24.0 Å². The number of amides is 3. The number of nitrogens with zero attached hydrogens (tertiary/aromatic N) is 1. The standard InChI is InChI=1S/C26H31ClN4O4/c1-2-22(32)20(11-14-9-10-28-24(14)33)30-25(34)23-16-6-3-5-15(16)13-31(23)26(35)21-12-17-18(27)7-4-8-19(17)29-21/h4,7-8,12,14-16,20,23,29H,2-3,5-6,9-11,13H2,1H3,(H,28,33)(H,30,34). The lowest BCUT2D eigenvalue weighted by Crippen LogP contribution is -2.53. The maximum absolute atomic E-state index is 13.7. The van der Waals surface area contributed by atoms with Crippen LogP contribution in [0, 0.1) is 17.8 Å². The van der Waals surface area contributed by atoms with Gasteiger partial charge in [0.1, 0.15) is 11.7 Å². The molecule has 3 fully saturated rings. The molecule has 1 aromatic carbocycles. The Kier molecular flexibility index (Phi) is 6.57. The molecule has 186 valence electrons. The normalized spacial score (nSPS) is 26.6. The summed E-state index contributed by atoms with van der Waals surface area (Å²) >= 11 is 6.30. The summed E-state index contributed by atoms with van der Waals surface area (Å²) in [7, 11) is 0. The average molecular weight is 499 g/mol. The summed E-state index contributed by atoms with van der Waals surface area (Å²) in [6.45, 7) is 2.87. The lowest BCUT2D eigenvalue weighted by atomic mass is 9.91. The molecule has 5 unspecified atom stereocenters. The number of hydrogen-bond acceptors (Lipinski definition) is 4. The van der Waals surface area contributed by atoms with E-state index < -0.39 is 12.1 Å². The maximum atomic E-state index is 13.7. The van der Waals surface area contributed by atoms with Gasteiger partial charge in [0.2, 0.25) is 11.8 Å². The molecule has 5 atom stereocenters. The molecule has 1 aliphatic carbocycles. The minimum Gasteiger partial charge on any atom is -0.356 e. The Hall–Kier alpha value is -2.87. The van der Waals surface area contributed by atoms with Gasteiger partial charge < -0.3 is 20.5 Å². The van der Waals surface area contributed by atoms with E-state index in [0.29, 0.717) is 36.6 Å². The number of nitrogens with one attached hydrogen (secondary N) is 3. The molecule has 2 aliphatic heterocycles. The van der Waals surface area contributed by atoms with Gasteiger partial charge in [-0.2, -0.15) is 0 Å². The van der Waals surface area contributed by atoms with E-state index in [2.05, 4.69) is 15.6 Å². The smallest absolute Gasteiger partial charge is 0.271 e. The van der Waals surface area contributed by atoms with Gasteiger partial charge in [-0.25, -0.2) is 0 Å². The van der Waals surface area contributed by atoms with Gasteiger partial charge in [-0.3, -0.25) is 19.2 Å². The highest BCUT2D eigenvalue weighted by Gasteiger charge is 2.50. The Labute approximate surface area is 209 Å². The first-order valence-corrected chi connectivity index (χ1v) is 12.9. The zero-order chi connectivity index (χ0) is 24.7. The fourth-order valence-electron chi connectivity index (χ4n) is 6.17. The summed E-state index contributed by atoms with van der Waals surface area (Å²) in [5.41, 5.74) is 1.17. The molecule has 9 heteroatoms. The quantitative estimate of drug-likeness (QED) is 0.544. The molecule has 3 amide bonds. The van der Waals surface area contributed by atoms with Crippen LogP contribution in [0.5, 0.6) is 0 Å². The molecule has 3 N–H and O–H groups in total. The van der Waals surface area contributed by atoms with Gasteiger partial charge in [0.05, 0.1) is 6.04 Å². The lowest BCUT2D eigenvalue weighted by molar-refractivity contribution is -0.132. The Morgan fingerprint density at radius 3 is 2.77 bits per heavy atom. The number of carbonyl (C=O) groups excluding carboxylic acids is 4. The van der Waals surface area contributed by atoms with E-state index in [9.17, 15) is 19.2 Å². The first-order valence-electron chi connectivity index (χ1n) is 12.6. The van der Waals surface area contributed by atoms with E-state index in [4.69, 9.17) is 11.6 Å². The average Bonchev–Trinajstić information content (AvgIpc) is 3.61. The van der Waals surface area contributed by atoms with Crippen LogP contribution in [0.2, 0.25) is 5.02 Å². The third-order valence-electron chi connectivity index (χ3n) is 8.00. The van der Waals surface area contributed by atoms with Crippen molar-refractivity contribution in [3.63, 3.8) is 0 Å². The molecule has 0 radical (unpaired) electrons. The van der Waals surface area contributed by atoms with Crippen molar-refractivity contribution in [2.75, 3.05) is 13.1 Å². The highest BCUT2D eigenvalue weighted by Crippen LogP contribution is 2.43. The number of rotatable bonds is 7. The van der Waals surface area contributed by atoms with E-state index in [1.807, 2.05) is 12.1 Å². The van der Waals surface area contributed by atoms with E-state index in [1.165, 1.54) is 0 Å². The fourth-order valence-corrected chi connectivity index (χ4v) is 6.40. The molecule has 3 heterocycles. The summed E-state index contributed by atoms with van der Waals surface area (Å²) in [6.07, 6.45) is 4.11. The Balaban J connectivity index is 1.39. The molecular formula is C26H31ClN4O4. The third-order valence-corrected chi connectivity index (χ3v) is 8.33. The topological polar surface area (TPSA) is 111 Å². The molecule has 1 aromatic heterocycles. The van der Waals surface area contributed by atoms with Gasteiger partial charge in [0, 0.05) is 41.4 Å². The minimum absolute atomic E-state index is 0.0686. The molecule has 1 saturated carbocycles. The number of halogens is 1. The van der Waals surface area contributed by atoms with Crippen LogP contribution in [0.4, 0.5) is 0 Å². The lowest BCUT2D eigenvalue weighted by Gasteiger charge is -2.29. The van der Waals surface area contributed by atoms with Crippen molar-refractivity contribution in [3.05, 3.63) is 35.0 Å². The van der Waals surface area contributed by atoms with Crippen LogP contribution in [0.15, 0.2) is 24.3 Å². The van der Waals surface area contributed by atoms with Gasteiger partial charge >= 0.3 is 0 Å². The summed E-state index contributed by atoms with van der Waals surface area (Å²) in [6, 6.07) is 5.83. The summed E-state index contributed by atoms with van der Waals surface area (Å²) in [5, 5.41) is 7.07. The Morgan fingerprint density at radius 1 is 1.23 bits per heavy atom. The Morgan fingerprint density at radius 2 is 2.06 bits per heavy atom. The van der Waals surface area contributed by atoms with Crippen LogP contribution < -0.4 is 10.6 Å². The van der Waals surface area contributed by atoms with E-state index in [-0.39, 0.29) is 47.7 Å². The molecule has 2 saturated heterocycles. The van der Waals surface area contributed by atoms with E-state index >= 15 is 0 Å². The molecule has 0 bridgehead atoms. The monoisotopic (exact) mass is 498 g/mol. The number of hydrogen-bond donors (Lipinski definition) is 3. The SMILES string of the molecule is CCC(=O)C(CC1CCNC1=O)NC(=O)C1C2CCCC2CN1C(=O)c1cc2c(Cl)cccc2[nH]1.